The molecular weight excluding hydrogens is 380 g/mol. The summed E-state index contributed by atoms with van der Waals surface area (Å²) in [5, 5.41) is 2.17. The number of carbonyl (C=O) groups is 1. The molecule has 0 saturated carbocycles. The molecule has 0 spiro atoms. The predicted molar refractivity (Wildman–Crippen MR) is 93.7 cm³/mol. The maximum atomic E-state index is 13.6. The van der Waals surface area contributed by atoms with Gasteiger partial charge in [0.15, 0.2) is 0 Å². The van der Waals surface area contributed by atoms with E-state index in [1.165, 1.54) is 10.4 Å². The first-order valence-corrected chi connectivity index (χ1v) is 9.67. The van der Waals surface area contributed by atoms with Crippen LogP contribution in [0.4, 0.5) is 14.5 Å². The van der Waals surface area contributed by atoms with Crippen LogP contribution in [0.2, 0.25) is 0 Å². The quantitative estimate of drug-likeness (QED) is 0.829. The topological polar surface area (TPSA) is 88.5 Å². The van der Waals surface area contributed by atoms with Gasteiger partial charge >= 0.3 is 0 Å². The van der Waals surface area contributed by atoms with Gasteiger partial charge in [0.05, 0.1) is 10.6 Å². The summed E-state index contributed by atoms with van der Waals surface area (Å²) in [6, 6.07) is 4.82. The molecule has 10 heteroatoms. The maximum absolute atomic E-state index is 13.6. The molecule has 144 valence electrons. The van der Waals surface area contributed by atoms with E-state index in [-0.39, 0.29) is 10.6 Å². The second kappa shape index (κ2) is 7.57. The molecular formula is C17H17F2N3O4S. The number of aromatic nitrogens is 1. The van der Waals surface area contributed by atoms with E-state index in [2.05, 4.69) is 5.32 Å². The summed E-state index contributed by atoms with van der Waals surface area (Å²) < 4.78 is 54.2. The molecule has 0 atom stereocenters. The first-order valence-electron chi connectivity index (χ1n) is 8.23. The van der Waals surface area contributed by atoms with Gasteiger partial charge in [-0.2, -0.15) is 4.31 Å². The van der Waals surface area contributed by atoms with Crippen LogP contribution in [-0.4, -0.2) is 36.3 Å². The first-order chi connectivity index (χ1) is 12.8. The van der Waals surface area contributed by atoms with Crippen LogP contribution in [0.25, 0.3) is 0 Å². The highest BCUT2D eigenvalue weighted by molar-refractivity contribution is 7.89. The van der Waals surface area contributed by atoms with Gasteiger partial charge in [0.2, 0.25) is 15.9 Å². The number of amides is 1. The van der Waals surface area contributed by atoms with Crippen molar-refractivity contribution >= 4 is 21.6 Å². The molecule has 7 nitrogen and oxygen atoms in total. The zero-order valence-electron chi connectivity index (χ0n) is 14.2. The summed E-state index contributed by atoms with van der Waals surface area (Å²) in [6.07, 6.45) is 2.61. The van der Waals surface area contributed by atoms with Crippen molar-refractivity contribution in [2.75, 3.05) is 18.4 Å². The van der Waals surface area contributed by atoms with Crippen molar-refractivity contribution in [2.45, 2.75) is 24.3 Å². The standard InChI is InChI=1S/C17H17F2N3O4S/c18-12-3-5-14(19)15(9-12)20-16(23)11-21-10-13(4-6-17(21)24)27(25,26)22-7-1-2-8-22/h3-6,9-10H,1-2,7-8,11H2,(H,20,23). The van der Waals surface area contributed by atoms with Crippen molar-refractivity contribution < 1.29 is 22.0 Å². The minimum absolute atomic E-state index is 0.103. The Labute approximate surface area is 154 Å². The third kappa shape index (κ3) is 4.22. The number of benzene rings is 1. The van der Waals surface area contributed by atoms with E-state index in [1.54, 1.807) is 0 Å². The first kappa shape index (κ1) is 19.2. The number of carbonyl (C=O) groups excluding carboxylic acids is 1. The van der Waals surface area contributed by atoms with Crippen molar-refractivity contribution in [3.05, 3.63) is 58.5 Å². The van der Waals surface area contributed by atoms with E-state index >= 15 is 0 Å². The smallest absolute Gasteiger partial charge is 0.251 e. The number of hydrogen-bond acceptors (Lipinski definition) is 4. The molecule has 1 aliphatic heterocycles. The zero-order chi connectivity index (χ0) is 19.6. The molecule has 1 saturated heterocycles. The van der Waals surface area contributed by atoms with Gasteiger partial charge in [0, 0.05) is 31.4 Å². The molecule has 0 aliphatic carbocycles. The Morgan fingerprint density at radius 3 is 2.52 bits per heavy atom. The Bertz CT molecular complexity index is 1030. The molecule has 1 aromatic heterocycles. The fourth-order valence-corrected chi connectivity index (χ4v) is 4.34. The summed E-state index contributed by atoms with van der Waals surface area (Å²) in [7, 11) is -3.75. The molecule has 0 radical (unpaired) electrons. The van der Waals surface area contributed by atoms with E-state index < -0.39 is 39.7 Å². The Morgan fingerprint density at radius 2 is 1.81 bits per heavy atom. The molecule has 2 aromatic rings. The van der Waals surface area contributed by atoms with Crippen molar-refractivity contribution in [3.8, 4) is 0 Å². The van der Waals surface area contributed by atoms with Gasteiger partial charge in [-0.05, 0) is 31.0 Å². The Hall–Kier alpha value is -2.59. The summed E-state index contributed by atoms with van der Waals surface area (Å²) in [4.78, 5) is 24.0. The van der Waals surface area contributed by atoms with Gasteiger partial charge in [0.25, 0.3) is 5.56 Å². The minimum Gasteiger partial charge on any atom is -0.322 e. The van der Waals surface area contributed by atoms with Crippen LogP contribution >= 0.6 is 0 Å². The fraction of sp³-hybridized carbons (Fsp3) is 0.294. The number of nitrogens with one attached hydrogen (secondary N) is 1. The summed E-state index contributed by atoms with van der Waals surface area (Å²) >= 11 is 0. The van der Waals surface area contributed by atoms with Gasteiger partial charge in [-0.15, -0.1) is 0 Å². The van der Waals surface area contributed by atoms with Crippen molar-refractivity contribution in [1.82, 2.24) is 8.87 Å². The van der Waals surface area contributed by atoms with Crippen LogP contribution in [0.15, 0.2) is 46.2 Å². The molecule has 0 unspecified atom stereocenters. The Balaban J connectivity index is 1.81. The number of pyridine rings is 1. The molecule has 2 heterocycles. The molecule has 1 amide bonds. The lowest BCUT2D eigenvalue weighted by atomic mass is 10.3. The van der Waals surface area contributed by atoms with Gasteiger partial charge < -0.3 is 9.88 Å². The summed E-state index contributed by atoms with van der Waals surface area (Å²) in [6.45, 7) is 0.264. The number of nitrogens with zero attached hydrogens (tertiary/aromatic N) is 2. The average molecular weight is 397 g/mol. The lowest BCUT2D eigenvalue weighted by Gasteiger charge is -2.16. The molecule has 1 aliphatic rings. The Morgan fingerprint density at radius 1 is 1.11 bits per heavy atom. The number of halogens is 2. The lowest BCUT2D eigenvalue weighted by molar-refractivity contribution is -0.116. The van der Waals surface area contributed by atoms with Crippen LogP contribution < -0.4 is 10.9 Å². The van der Waals surface area contributed by atoms with Crippen molar-refractivity contribution in [1.29, 1.82) is 0 Å². The van der Waals surface area contributed by atoms with E-state index in [0.29, 0.717) is 13.1 Å². The highest BCUT2D eigenvalue weighted by Crippen LogP contribution is 2.20. The molecule has 1 fully saturated rings. The van der Waals surface area contributed by atoms with Gasteiger partial charge in [-0.25, -0.2) is 17.2 Å². The molecule has 0 bridgehead atoms. The maximum Gasteiger partial charge on any atom is 0.251 e. The van der Waals surface area contributed by atoms with E-state index in [4.69, 9.17) is 0 Å². The number of hydrogen-bond donors (Lipinski definition) is 1. The normalized spacial score (nSPS) is 15.0. The third-order valence-electron chi connectivity index (χ3n) is 4.18. The van der Waals surface area contributed by atoms with E-state index in [9.17, 15) is 26.8 Å². The summed E-state index contributed by atoms with van der Waals surface area (Å²) in [5.41, 5.74) is -0.959. The molecule has 3 rings (SSSR count). The van der Waals surface area contributed by atoms with Crippen LogP contribution in [0, 0.1) is 11.6 Å². The van der Waals surface area contributed by atoms with E-state index in [0.717, 1.165) is 47.9 Å². The fourth-order valence-electron chi connectivity index (χ4n) is 2.80. The number of sulfonamides is 1. The van der Waals surface area contributed by atoms with Gasteiger partial charge in [0.1, 0.15) is 18.2 Å². The van der Waals surface area contributed by atoms with E-state index in [1.807, 2.05) is 0 Å². The molecule has 1 aromatic carbocycles. The number of anilines is 1. The average Bonchev–Trinajstić information content (AvgIpc) is 3.15. The summed E-state index contributed by atoms with van der Waals surface area (Å²) in [5.74, 6) is -2.36. The van der Waals surface area contributed by atoms with Crippen molar-refractivity contribution in [2.24, 2.45) is 0 Å². The second-order valence-electron chi connectivity index (χ2n) is 6.11. The van der Waals surface area contributed by atoms with Crippen LogP contribution in [-0.2, 0) is 21.4 Å². The molecule has 27 heavy (non-hydrogen) atoms. The van der Waals surface area contributed by atoms with Crippen LogP contribution in [0.5, 0.6) is 0 Å². The Kier molecular flexibility index (Phi) is 5.38. The SMILES string of the molecule is O=C(Cn1cc(S(=O)(=O)N2CCCC2)ccc1=O)Nc1cc(F)ccc1F. The van der Waals surface area contributed by atoms with Crippen LogP contribution in [0.1, 0.15) is 12.8 Å². The highest BCUT2D eigenvalue weighted by atomic mass is 32.2. The predicted octanol–water partition coefficient (Wildman–Crippen LogP) is 1.55. The minimum atomic E-state index is -3.75. The largest absolute Gasteiger partial charge is 0.322 e. The lowest BCUT2D eigenvalue weighted by Crippen LogP contribution is -2.31. The van der Waals surface area contributed by atoms with Crippen molar-refractivity contribution in [3.63, 3.8) is 0 Å². The highest BCUT2D eigenvalue weighted by Gasteiger charge is 2.27. The zero-order valence-corrected chi connectivity index (χ0v) is 15.0. The third-order valence-corrected chi connectivity index (χ3v) is 6.06. The number of rotatable bonds is 5. The second-order valence-corrected chi connectivity index (χ2v) is 8.05. The van der Waals surface area contributed by atoms with Gasteiger partial charge in [-0.3, -0.25) is 9.59 Å². The molecule has 1 N–H and O–H groups in total. The van der Waals surface area contributed by atoms with Crippen LogP contribution in [0.3, 0.4) is 0 Å². The van der Waals surface area contributed by atoms with Gasteiger partial charge in [-0.1, -0.05) is 0 Å². The monoisotopic (exact) mass is 397 g/mol.